The van der Waals surface area contributed by atoms with Crippen LogP contribution in [0.2, 0.25) is 0 Å². The van der Waals surface area contributed by atoms with Crippen LogP contribution in [-0.4, -0.2) is 87.5 Å². The van der Waals surface area contributed by atoms with E-state index in [9.17, 15) is 30.3 Å². The highest BCUT2D eigenvalue weighted by molar-refractivity contribution is 5.76. The molecule has 0 bridgehead atoms. The Bertz CT molecular complexity index is 1870. The van der Waals surface area contributed by atoms with Gasteiger partial charge in [0, 0.05) is 6.42 Å². The number of nitrogens with one attached hydrogen (secondary N) is 1. The van der Waals surface area contributed by atoms with Gasteiger partial charge in [-0.15, -0.1) is 0 Å². The second kappa shape index (κ2) is 55.6. The highest BCUT2D eigenvalue weighted by Gasteiger charge is 2.44. The van der Waals surface area contributed by atoms with E-state index < -0.39 is 49.5 Å². The Hall–Kier alpha value is -4.71. The zero-order valence-corrected chi connectivity index (χ0v) is 48.3. The Balaban J connectivity index is 2.26. The number of carbonyl (C=O) groups is 1. The Labute approximate surface area is 474 Å². The maximum absolute atomic E-state index is 13.0. The van der Waals surface area contributed by atoms with E-state index in [0.29, 0.717) is 12.8 Å². The van der Waals surface area contributed by atoms with Crippen molar-refractivity contribution in [1.82, 2.24) is 5.32 Å². The van der Waals surface area contributed by atoms with Crippen LogP contribution < -0.4 is 5.32 Å². The molecule has 0 saturated carbocycles. The predicted molar refractivity (Wildman–Crippen MR) is 331 cm³/mol. The number of unbranched alkanes of at least 4 members (excludes halogenated alkanes) is 10. The van der Waals surface area contributed by atoms with Crippen LogP contribution in [0.4, 0.5) is 0 Å². The van der Waals surface area contributed by atoms with Crippen molar-refractivity contribution in [1.29, 1.82) is 0 Å². The van der Waals surface area contributed by atoms with Gasteiger partial charge in [-0.2, -0.15) is 0 Å². The van der Waals surface area contributed by atoms with Crippen molar-refractivity contribution in [2.24, 2.45) is 0 Å². The van der Waals surface area contributed by atoms with Crippen LogP contribution in [0.15, 0.2) is 182 Å². The summed E-state index contributed by atoms with van der Waals surface area (Å²) in [4.78, 5) is 13.0. The quantitative estimate of drug-likeness (QED) is 0.0261. The number of hydrogen-bond donors (Lipinski definition) is 6. The molecule has 6 N–H and O–H groups in total. The molecule has 78 heavy (non-hydrogen) atoms. The summed E-state index contributed by atoms with van der Waals surface area (Å²) in [6.07, 6.45) is 83.9. The van der Waals surface area contributed by atoms with Crippen LogP contribution in [0.25, 0.3) is 0 Å². The zero-order chi connectivity index (χ0) is 56.5. The molecule has 0 aromatic heterocycles. The first-order valence-electron chi connectivity index (χ1n) is 30.0. The molecule has 1 fully saturated rings. The molecule has 1 rings (SSSR count). The molecule has 0 aromatic carbocycles. The Morgan fingerprint density at radius 3 is 1.23 bits per heavy atom. The minimum Gasteiger partial charge on any atom is -0.394 e. The number of aliphatic hydroxyl groups is 5. The van der Waals surface area contributed by atoms with Crippen molar-refractivity contribution in [3.05, 3.63) is 182 Å². The second-order valence-corrected chi connectivity index (χ2v) is 19.7. The van der Waals surface area contributed by atoms with E-state index in [1.54, 1.807) is 6.08 Å². The lowest BCUT2D eigenvalue weighted by molar-refractivity contribution is -0.302. The highest BCUT2D eigenvalue weighted by Crippen LogP contribution is 2.22. The van der Waals surface area contributed by atoms with Gasteiger partial charge in [0.1, 0.15) is 24.4 Å². The molecule has 9 heteroatoms. The zero-order valence-electron chi connectivity index (χ0n) is 48.3. The van der Waals surface area contributed by atoms with Crippen LogP contribution in [0.1, 0.15) is 187 Å². The van der Waals surface area contributed by atoms with Gasteiger partial charge in [-0.05, 0) is 135 Å². The van der Waals surface area contributed by atoms with Crippen molar-refractivity contribution < 1.29 is 39.8 Å². The molecule has 0 spiro atoms. The van der Waals surface area contributed by atoms with Crippen LogP contribution in [0.3, 0.4) is 0 Å². The highest BCUT2D eigenvalue weighted by atomic mass is 16.7. The molecule has 0 aromatic rings. The molecular weight excluding hydrogens is 971 g/mol. The van der Waals surface area contributed by atoms with E-state index in [4.69, 9.17) is 9.47 Å². The van der Waals surface area contributed by atoms with Gasteiger partial charge in [-0.25, -0.2) is 0 Å². The molecule has 436 valence electrons. The third-order valence-electron chi connectivity index (χ3n) is 12.7. The van der Waals surface area contributed by atoms with E-state index in [1.807, 2.05) is 6.08 Å². The normalized spacial score (nSPS) is 20.0. The van der Waals surface area contributed by atoms with Gasteiger partial charge >= 0.3 is 0 Å². The average Bonchev–Trinajstić information content (AvgIpc) is 3.45. The molecule has 1 saturated heterocycles. The molecular formula is C69H107NO8. The van der Waals surface area contributed by atoms with Crippen molar-refractivity contribution in [2.75, 3.05) is 13.2 Å². The van der Waals surface area contributed by atoms with Gasteiger partial charge in [0.25, 0.3) is 0 Å². The molecule has 7 atom stereocenters. The van der Waals surface area contributed by atoms with Gasteiger partial charge in [0.2, 0.25) is 5.91 Å². The lowest BCUT2D eigenvalue weighted by Crippen LogP contribution is -2.60. The Kier molecular flexibility index (Phi) is 50.8. The van der Waals surface area contributed by atoms with Gasteiger partial charge in [-0.1, -0.05) is 228 Å². The molecule has 0 aliphatic carbocycles. The monoisotopic (exact) mass is 1080 g/mol. The Morgan fingerprint density at radius 1 is 0.449 bits per heavy atom. The lowest BCUT2D eigenvalue weighted by atomic mass is 9.99. The molecule has 1 heterocycles. The van der Waals surface area contributed by atoms with Crippen LogP contribution in [-0.2, 0) is 14.3 Å². The number of ether oxygens (including phenoxy) is 2. The first kappa shape index (κ1) is 71.3. The molecule has 7 unspecified atom stereocenters. The first-order chi connectivity index (χ1) is 38.3. The number of rotatable bonds is 48. The second-order valence-electron chi connectivity index (χ2n) is 19.7. The Morgan fingerprint density at radius 2 is 0.808 bits per heavy atom. The number of allylic oxidation sites excluding steroid dienone is 29. The summed E-state index contributed by atoms with van der Waals surface area (Å²) >= 11 is 0. The SMILES string of the molecule is CC/C=C\C/C=C\C/C=C\C/C=C\C/C=C\C/C=C\C/C=C\C/C=C\C/C=C\C/C=C\C/C=C\C/C=C\CCCCC(=O)NC(COC1OC(CO)C(O)C(O)C1O)C(O)/C=C/CC/C=C/CC/C=C/CCCCCCCC. The predicted octanol–water partition coefficient (Wildman–Crippen LogP) is 15.6. The van der Waals surface area contributed by atoms with Crippen LogP contribution >= 0.6 is 0 Å². The molecule has 1 aliphatic rings. The standard InChI is InChI=1S/C69H107NO8/c1-3-5-7-9-11-13-15-17-19-21-22-23-24-25-26-27-28-29-30-31-32-33-34-35-36-37-38-39-40-41-42-43-45-47-49-51-53-55-57-59-65(73)70-62(61-77-69-68(76)67(75)66(74)64(60-71)78-69)63(72)58-56-54-52-50-48-46-44-20-18-16-14-12-10-8-6-4-2/h5,7,11,13,17-20,22-23,25-26,28-29,31-32,34-35,37-38,40-41,43,45,48-51,56,58,62-64,66-69,71-72,74-76H,3-4,6,8-10,12,14-16,21,24,27,30,33,36,39,42,44,46-47,52-55,57,59-61H2,1-2H3,(H,70,73)/b7-5-,13-11-,19-17-,20-18+,23-22-,26-25-,29-28-,32-31-,35-34-,38-37-,41-40-,45-43-,50-48+,51-49-,58-56+. The minimum absolute atomic E-state index is 0.236. The number of aliphatic hydroxyl groups excluding tert-OH is 5. The summed E-state index contributed by atoms with van der Waals surface area (Å²) in [5.74, 6) is -0.242. The van der Waals surface area contributed by atoms with E-state index >= 15 is 0 Å². The summed E-state index contributed by atoms with van der Waals surface area (Å²) in [7, 11) is 0. The van der Waals surface area contributed by atoms with E-state index in [-0.39, 0.29) is 18.9 Å². The van der Waals surface area contributed by atoms with E-state index in [0.717, 1.165) is 116 Å². The number of carbonyl (C=O) groups excluding carboxylic acids is 1. The van der Waals surface area contributed by atoms with Crippen molar-refractivity contribution >= 4 is 5.91 Å². The maximum Gasteiger partial charge on any atom is 0.220 e. The fourth-order valence-corrected chi connectivity index (χ4v) is 7.99. The topological polar surface area (TPSA) is 149 Å². The molecule has 1 amide bonds. The average molecular weight is 1080 g/mol. The fraction of sp³-hybridized carbons (Fsp3) is 0.551. The number of hydrogen-bond acceptors (Lipinski definition) is 8. The fourth-order valence-electron chi connectivity index (χ4n) is 7.99. The summed E-state index contributed by atoms with van der Waals surface area (Å²) < 4.78 is 11.2. The molecule has 0 radical (unpaired) electrons. The van der Waals surface area contributed by atoms with Crippen LogP contribution in [0.5, 0.6) is 0 Å². The number of amides is 1. The van der Waals surface area contributed by atoms with E-state index in [1.165, 1.54) is 38.5 Å². The van der Waals surface area contributed by atoms with Gasteiger partial charge in [0.15, 0.2) is 6.29 Å². The van der Waals surface area contributed by atoms with Gasteiger partial charge < -0.3 is 40.3 Å². The van der Waals surface area contributed by atoms with E-state index in [2.05, 4.69) is 189 Å². The van der Waals surface area contributed by atoms with Gasteiger partial charge in [-0.3, -0.25) is 4.79 Å². The molecule has 1 aliphatic heterocycles. The summed E-state index contributed by atoms with van der Waals surface area (Å²) in [5, 5.41) is 54.4. The third kappa shape index (κ3) is 44.2. The van der Waals surface area contributed by atoms with Crippen molar-refractivity contribution in [3.8, 4) is 0 Å². The van der Waals surface area contributed by atoms with Crippen molar-refractivity contribution in [2.45, 2.75) is 230 Å². The third-order valence-corrected chi connectivity index (χ3v) is 12.7. The largest absolute Gasteiger partial charge is 0.394 e. The first-order valence-corrected chi connectivity index (χ1v) is 30.0. The lowest BCUT2D eigenvalue weighted by Gasteiger charge is -2.40. The summed E-state index contributed by atoms with van der Waals surface area (Å²) in [6, 6.07) is -0.866. The smallest absolute Gasteiger partial charge is 0.220 e. The van der Waals surface area contributed by atoms with Crippen molar-refractivity contribution in [3.63, 3.8) is 0 Å². The summed E-state index contributed by atoms with van der Waals surface area (Å²) in [5.41, 5.74) is 0. The summed E-state index contributed by atoms with van der Waals surface area (Å²) in [6.45, 7) is 3.58. The molecule has 9 nitrogen and oxygen atoms in total. The van der Waals surface area contributed by atoms with Gasteiger partial charge in [0.05, 0.1) is 25.4 Å². The maximum atomic E-state index is 13.0. The minimum atomic E-state index is -1.59. The van der Waals surface area contributed by atoms with Crippen LogP contribution in [0, 0.1) is 0 Å².